The molecular weight excluding hydrogens is 408 g/mol. The average Bonchev–Trinajstić information content (AvgIpc) is 3.45. The number of hydrogen-bond acceptors (Lipinski definition) is 8. The molecule has 10 nitrogen and oxygen atoms in total. The Morgan fingerprint density at radius 2 is 1.74 bits per heavy atom. The summed E-state index contributed by atoms with van der Waals surface area (Å²) >= 11 is 0. The SMILES string of the molecule is O=C1C[C@H]([C@@]2(c3ccccc3)NC(=O)N([C@@H]3C[C@H]4CO[C@@H](O4)C3=O)C2=O)[C@H]2CO[C@H]1O2. The fraction of sp³-hybridized carbons (Fsp3) is 0.524. The second-order valence-corrected chi connectivity index (χ2v) is 8.47. The third kappa shape index (κ3) is 2.59. The van der Waals surface area contributed by atoms with Crippen LogP contribution in [0, 0.1) is 5.92 Å². The Labute approximate surface area is 176 Å². The van der Waals surface area contributed by atoms with Gasteiger partial charge in [-0.25, -0.2) is 4.79 Å². The van der Waals surface area contributed by atoms with Crippen LogP contribution in [0.5, 0.6) is 0 Å². The number of nitrogens with zero attached hydrogens (tertiary/aromatic N) is 1. The number of fused-ring (bicyclic) bond motifs is 4. The summed E-state index contributed by atoms with van der Waals surface area (Å²) in [6.07, 6.45) is -2.71. The third-order valence-electron chi connectivity index (χ3n) is 6.82. The van der Waals surface area contributed by atoms with Crippen molar-refractivity contribution in [3.8, 4) is 0 Å². The highest BCUT2D eigenvalue weighted by Gasteiger charge is 2.65. The minimum Gasteiger partial charge on any atom is -0.343 e. The Bertz CT molecular complexity index is 983. The molecule has 4 bridgehead atoms. The molecule has 0 unspecified atom stereocenters. The largest absolute Gasteiger partial charge is 0.343 e. The highest BCUT2D eigenvalue weighted by atomic mass is 16.7. The van der Waals surface area contributed by atoms with E-state index in [9.17, 15) is 19.2 Å². The van der Waals surface area contributed by atoms with Crippen LogP contribution in [0.15, 0.2) is 30.3 Å². The number of ketones is 2. The van der Waals surface area contributed by atoms with Crippen molar-refractivity contribution in [2.75, 3.05) is 13.2 Å². The molecule has 0 radical (unpaired) electrons. The van der Waals surface area contributed by atoms with Crippen LogP contribution < -0.4 is 5.32 Å². The number of urea groups is 1. The predicted octanol–water partition coefficient (Wildman–Crippen LogP) is -0.153. The first kappa shape index (κ1) is 19.1. The van der Waals surface area contributed by atoms with Gasteiger partial charge in [0.2, 0.25) is 18.4 Å². The quantitative estimate of drug-likeness (QED) is 0.660. The van der Waals surface area contributed by atoms with Crippen molar-refractivity contribution < 1.29 is 38.1 Å². The zero-order chi connectivity index (χ0) is 21.3. The number of carbonyl (C=O) groups excluding carboxylic acids is 4. The second kappa shape index (κ2) is 6.67. The van der Waals surface area contributed by atoms with Gasteiger partial charge in [-0.3, -0.25) is 19.3 Å². The standard InChI is InChI=1S/C21H20N2O8/c24-14-7-12(15-9-29-17(14)31-15)21(10-4-2-1-3-5-10)19(26)23(20(27)22-21)13-6-11-8-28-18(30-11)16(13)25/h1-5,11-13,15,17-18H,6-9H2,(H,22,27)/t11-,12-,13+,15+,17-,18-,21+/m0/s1. The Morgan fingerprint density at radius 3 is 2.55 bits per heavy atom. The number of Topliss-reactive ketones (excluding diaryl/α,β-unsaturated/α-hetero) is 2. The number of benzene rings is 1. The summed E-state index contributed by atoms with van der Waals surface area (Å²) in [6, 6.07) is 7.10. The molecule has 3 amide bonds. The van der Waals surface area contributed by atoms with E-state index in [0.717, 1.165) is 4.90 Å². The van der Waals surface area contributed by atoms with Crippen LogP contribution in [-0.4, -0.2) is 72.4 Å². The van der Waals surface area contributed by atoms with Gasteiger partial charge in [0.1, 0.15) is 6.04 Å². The van der Waals surface area contributed by atoms with Gasteiger partial charge in [-0.2, -0.15) is 0 Å². The molecule has 7 atom stereocenters. The van der Waals surface area contributed by atoms with Crippen LogP contribution in [0.2, 0.25) is 0 Å². The lowest BCUT2D eigenvalue weighted by molar-refractivity contribution is -0.166. The number of hydrogen-bond donors (Lipinski definition) is 1. The zero-order valence-electron chi connectivity index (χ0n) is 16.4. The van der Waals surface area contributed by atoms with Crippen molar-refractivity contribution in [1.29, 1.82) is 0 Å². The Kier molecular flexibility index (Phi) is 4.10. The number of rotatable bonds is 3. The summed E-state index contributed by atoms with van der Waals surface area (Å²) < 4.78 is 21.9. The molecule has 1 aromatic rings. The van der Waals surface area contributed by atoms with Gasteiger partial charge < -0.3 is 24.3 Å². The van der Waals surface area contributed by atoms with Crippen LogP contribution in [0.3, 0.4) is 0 Å². The lowest BCUT2D eigenvalue weighted by Crippen LogP contribution is -2.58. The fourth-order valence-corrected chi connectivity index (χ4v) is 5.36. The van der Waals surface area contributed by atoms with Crippen molar-refractivity contribution in [3.63, 3.8) is 0 Å². The summed E-state index contributed by atoms with van der Waals surface area (Å²) in [4.78, 5) is 53.5. The van der Waals surface area contributed by atoms with Crippen LogP contribution in [0.25, 0.3) is 0 Å². The van der Waals surface area contributed by atoms with Gasteiger partial charge >= 0.3 is 6.03 Å². The van der Waals surface area contributed by atoms with E-state index in [4.69, 9.17) is 18.9 Å². The number of nitrogens with one attached hydrogen (secondary N) is 1. The van der Waals surface area contributed by atoms with E-state index in [0.29, 0.717) is 5.56 Å². The van der Waals surface area contributed by atoms with E-state index in [1.54, 1.807) is 30.3 Å². The molecule has 1 aromatic carbocycles. The molecule has 31 heavy (non-hydrogen) atoms. The van der Waals surface area contributed by atoms with Crippen molar-refractivity contribution in [2.24, 2.45) is 5.92 Å². The first-order chi connectivity index (χ1) is 15.0. The van der Waals surface area contributed by atoms with Gasteiger partial charge in [-0.05, 0) is 5.56 Å². The monoisotopic (exact) mass is 428 g/mol. The maximum absolute atomic E-state index is 14.0. The van der Waals surface area contributed by atoms with Gasteiger partial charge in [0.05, 0.1) is 25.4 Å². The number of ether oxygens (including phenoxy) is 4. The van der Waals surface area contributed by atoms with E-state index in [1.807, 2.05) is 0 Å². The third-order valence-corrected chi connectivity index (χ3v) is 6.82. The Hall–Kier alpha value is -2.66. The lowest BCUT2D eigenvalue weighted by Gasteiger charge is -2.40. The first-order valence-electron chi connectivity index (χ1n) is 10.3. The van der Waals surface area contributed by atoms with Gasteiger partial charge in [0.25, 0.3) is 5.91 Å². The normalized spacial score (nSPS) is 41.7. The van der Waals surface area contributed by atoms with E-state index >= 15 is 0 Å². The summed E-state index contributed by atoms with van der Waals surface area (Å²) in [5.74, 6) is -1.98. The summed E-state index contributed by atoms with van der Waals surface area (Å²) in [5, 5.41) is 2.84. The molecule has 10 heteroatoms. The van der Waals surface area contributed by atoms with Crippen molar-refractivity contribution in [2.45, 2.75) is 49.2 Å². The van der Waals surface area contributed by atoms with Crippen LogP contribution in [0.1, 0.15) is 18.4 Å². The summed E-state index contributed by atoms with van der Waals surface area (Å²) in [5.41, 5.74) is -1.02. The summed E-state index contributed by atoms with van der Waals surface area (Å²) in [6.45, 7) is 0.388. The van der Waals surface area contributed by atoms with E-state index in [-0.39, 0.29) is 37.9 Å². The highest BCUT2D eigenvalue weighted by Crippen LogP contribution is 2.46. The number of carbonyl (C=O) groups is 4. The molecule has 5 heterocycles. The molecule has 5 fully saturated rings. The molecule has 162 valence electrons. The van der Waals surface area contributed by atoms with E-state index < -0.39 is 53.9 Å². The van der Waals surface area contributed by atoms with Crippen molar-refractivity contribution in [1.82, 2.24) is 10.2 Å². The lowest BCUT2D eigenvalue weighted by atomic mass is 9.72. The second-order valence-electron chi connectivity index (χ2n) is 8.47. The molecule has 0 saturated carbocycles. The summed E-state index contributed by atoms with van der Waals surface area (Å²) in [7, 11) is 0. The van der Waals surface area contributed by atoms with Gasteiger partial charge in [0, 0.05) is 18.8 Å². The van der Waals surface area contributed by atoms with Crippen molar-refractivity contribution in [3.05, 3.63) is 35.9 Å². The zero-order valence-corrected chi connectivity index (χ0v) is 16.4. The molecule has 0 aliphatic carbocycles. The highest BCUT2D eigenvalue weighted by molar-refractivity contribution is 6.11. The van der Waals surface area contributed by atoms with E-state index in [1.165, 1.54) is 0 Å². The molecule has 1 N–H and O–H groups in total. The van der Waals surface area contributed by atoms with E-state index in [2.05, 4.69) is 5.32 Å². The number of amides is 3. The van der Waals surface area contributed by atoms with Crippen LogP contribution in [-0.2, 0) is 38.9 Å². The maximum atomic E-state index is 14.0. The average molecular weight is 428 g/mol. The van der Waals surface area contributed by atoms with Crippen LogP contribution >= 0.6 is 0 Å². The molecule has 0 spiro atoms. The van der Waals surface area contributed by atoms with Crippen molar-refractivity contribution >= 4 is 23.5 Å². The first-order valence-corrected chi connectivity index (χ1v) is 10.3. The maximum Gasteiger partial charge on any atom is 0.326 e. The number of imide groups is 1. The molecular formula is C21H20N2O8. The van der Waals surface area contributed by atoms with Gasteiger partial charge in [-0.15, -0.1) is 0 Å². The smallest absolute Gasteiger partial charge is 0.326 e. The molecule has 5 aliphatic rings. The fourth-order valence-electron chi connectivity index (χ4n) is 5.36. The minimum atomic E-state index is -1.55. The Balaban J connectivity index is 1.44. The molecule has 6 rings (SSSR count). The predicted molar refractivity (Wildman–Crippen MR) is 99.2 cm³/mol. The minimum absolute atomic E-state index is 0.0141. The van der Waals surface area contributed by atoms with Gasteiger partial charge in [-0.1, -0.05) is 30.3 Å². The van der Waals surface area contributed by atoms with Crippen LogP contribution in [0.4, 0.5) is 4.79 Å². The molecule has 0 aromatic heterocycles. The topological polar surface area (TPSA) is 120 Å². The Morgan fingerprint density at radius 1 is 0.968 bits per heavy atom. The van der Waals surface area contributed by atoms with Gasteiger partial charge in [0.15, 0.2) is 11.3 Å². The molecule has 5 aliphatic heterocycles. The molecule has 5 saturated heterocycles.